The zero-order valence-corrected chi connectivity index (χ0v) is 36.7. The molecule has 0 unspecified atom stereocenters. The minimum Gasteiger partial charge on any atom is -0.463 e. The van der Waals surface area contributed by atoms with Crippen LogP contribution in [-0.2, 0) is 107 Å². The summed E-state index contributed by atoms with van der Waals surface area (Å²) in [5.74, 6) is -6.84. The van der Waals surface area contributed by atoms with Gasteiger partial charge in [-0.1, -0.05) is 30.3 Å². The Kier molecular flexibility index (Phi) is 18.9. The highest BCUT2D eigenvalue weighted by Gasteiger charge is 2.58. The number of rotatable bonds is 17. The maximum Gasteiger partial charge on any atom is 0.303 e. The summed E-state index contributed by atoms with van der Waals surface area (Å²) in [6, 6.07) is 7.31. The number of ether oxygens (including phenoxy) is 13. The van der Waals surface area contributed by atoms with Gasteiger partial charge in [0.05, 0.1) is 19.3 Å². The van der Waals surface area contributed by atoms with E-state index in [-0.39, 0.29) is 6.61 Å². The molecule has 0 aromatic heterocycles. The van der Waals surface area contributed by atoms with E-state index in [2.05, 4.69) is 5.32 Å². The highest BCUT2D eigenvalue weighted by molar-refractivity contribution is 5.73. The molecule has 0 radical (unpaired) electrons. The molecular weight excluding hydrogens is 858 g/mol. The number of nitrogens with one attached hydrogen (secondary N) is 1. The highest BCUT2D eigenvalue weighted by Crippen LogP contribution is 2.37. The number of aliphatic hydroxyl groups is 1. The smallest absolute Gasteiger partial charge is 0.303 e. The fourth-order valence-corrected chi connectivity index (χ4v) is 7.32. The second-order valence-electron chi connectivity index (χ2n) is 15.0. The molecule has 1 amide bonds. The van der Waals surface area contributed by atoms with Crippen LogP contribution in [0.15, 0.2) is 30.3 Å². The standard InChI is InChI=1S/C41H55NO22/c1-18-31(55-21(4)45)35(57-23(6)47)37(59-25(8)49)40(54-18)64-34-30(42-19(2)43)39(51)61-28(16-52-15-27-13-11-10-12-14-27)32(34)63-41-38(60-26(9)50)36(58-24(7)48)33(56-22(5)46)29(62-41)17-53-20(3)44/h10-14,18,28-41,51H,15-17H2,1-9H3,(H,42,43)/t18-,28+,29+,30+,31+,32+,33+,34+,35+,36-,37-,38+,39+,40-,41-/m0/s1. The third-order valence-corrected chi connectivity index (χ3v) is 9.59. The van der Waals surface area contributed by atoms with Crippen LogP contribution in [0.2, 0.25) is 0 Å². The number of carbonyl (C=O) groups is 8. The van der Waals surface area contributed by atoms with Crippen LogP contribution in [0.5, 0.6) is 0 Å². The second kappa shape index (κ2) is 23.6. The molecule has 4 rings (SSSR count). The van der Waals surface area contributed by atoms with Gasteiger partial charge >= 0.3 is 41.8 Å². The van der Waals surface area contributed by atoms with Crippen LogP contribution in [0.1, 0.15) is 67.9 Å². The summed E-state index contributed by atoms with van der Waals surface area (Å²) in [4.78, 5) is 99.8. The average molecular weight is 914 g/mol. The van der Waals surface area contributed by atoms with Crippen molar-refractivity contribution in [3.05, 3.63) is 35.9 Å². The highest BCUT2D eigenvalue weighted by atomic mass is 16.8. The van der Waals surface area contributed by atoms with Gasteiger partial charge in [-0.05, 0) is 12.5 Å². The van der Waals surface area contributed by atoms with Crippen molar-refractivity contribution in [1.29, 1.82) is 0 Å². The van der Waals surface area contributed by atoms with Crippen LogP contribution in [0.25, 0.3) is 0 Å². The number of amides is 1. The summed E-state index contributed by atoms with van der Waals surface area (Å²) in [5.41, 5.74) is 0.729. The molecule has 356 valence electrons. The molecule has 15 atom stereocenters. The lowest BCUT2D eigenvalue weighted by Crippen LogP contribution is -2.70. The quantitative estimate of drug-likeness (QED) is 0.151. The summed E-state index contributed by atoms with van der Waals surface area (Å²) in [6.45, 7) is 8.94. The summed E-state index contributed by atoms with van der Waals surface area (Å²) in [7, 11) is 0. The molecule has 3 heterocycles. The van der Waals surface area contributed by atoms with Crippen LogP contribution < -0.4 is 5.32 Å². The lowest BCUT2D eigenvalue weighted by Gasteiger charge is -2.50. The van der Waals surface area contributed by atoms with E-state index in [4.69, 9.17) is 61.6 Å². The molecule has 23 nitrogen and oxygen atoms in total. The normalized spacial score (nSPS) is 32.4. The van der Waals surface area contributed by atoms with Gasteiger partial charge in [0, 0.05) is 55.4 Å². The third-order valence-electron chi connectivity index (χ3n) is 9.59. The van der Waals surface area contributed by atoms with Crippen molar-refractivity contribution in [3.63, 3.8) is 0 Å². The zero-order chi connectivity index (χ0) is 47.4. The molecule has 1 aromatic rings. The molecule has 2 N–H and O–H groups in total. The van der Waals surface area contributed by atoms with Crippen LogP contribution >= 0.6 is 0 Å². The molecule has 3 aliphatic rings. The lowest BCUT2D eigenvalue weighted by molar-refractivity contribution is -0.372. The molecule has 0 spiro atoms. The van der Waals surface area contributed by atoms with Crippen LogP contribution in [-0.4, -0.2) is 158 Å². The van der Waals surface area contributed by atoms with Crippen molar-refractivity contribution < 1.29 is 105 Å². The van der Waals surface area contributed by atoms with Crippen molar-refractivity contribution >= 4 is 47.7 Å². The second-order valence-corrected chi connectivity index (χ2v) is 15.0. The van der Waals surface area contributed by atoms with Crippen LogP contribution in [0, 0.1) is 0 Å². The monoisotopic (exact) mass is 913 g/mol. The summed E-state index contributed by atoms with van der Waals surface area (Å²) < 4.78 is 76.0. The lowest BCUT2D eigenvalue weighted by atomic mass is 9.94. The Labute approximate surface area is 367 Å². The van der Waals surface area contributed by atoms with E-state index in [1.165, 1.54) is 6.92 Å². The van der Waals surface area contributed by atoms with Crippen molar-refractivity contribution in [1.82, 2.24) is 5.32 Å². The van der Waals surface area contributed by atoms with Gasteiger partial charge in [0.25, 0.3) is 0 Å². The van der Waals surface area contributed by atoms with Crippen molar-refractivity contribution in [3.8, 4) is 0 Å². The van der Waals surface area contributed by atoms with Gasteiger partial charge in [-0.15, -0.1) is 0 Å². The number of aliphatic hydroxyl groups excluding tert-OH is 1. The number of hydrogen-bond acceptors (Lipinski definition) is 22. The minimum atomic E-state index is -1.90. The number of esters is 7. The first kappa shape index (κ1) is 51.3. The first-order valence-corrected chi connectivity index (χ1v) is 20.2. The molecule has 3 aliphatic heterocycles. The van der Waals surface area contributed by atoms with E-state index in [0.717, 1.165) is 61.0 Å². The Morgan fingerprint density at radius 1 is 0.531 bits per heavy atom. The Morgan fingerprint density at radius 3 is 1.50 bits per heavy atom. The molecule has 0 saturated carbocycles. The maximum absolute atomic E-state index is 12.8. The maximum atomic E-state index is 12.8. The van der Waals surface area contributed by atoms with Crippen molar-refractivity contribution in [2.45, 2.75) is 161 Å². The number of carbonyl (C=O) groups excluding carboxylic acids is 8. The molecule has 0 aliphatic carbocycles. The summed E-state index contributed by atoms with van der Waals surface area (Å²) in [6.07, 6.45) is -22.5. The largest absolute Gasteiger partial charge is 0.463 e. The Bertz CT molecular complexity index is 1810. The van der Waals surface area contributed by atoms with Gasteiger partial charge < -0.3 is 72.0 Å². The van der Waals surface area contributed by atoms with Gasteiger partial charge in [-0.3, -0.25) is 38.4 Å². The van der Waals surface area contributed by atoms with Crippen molar-refractivity contribution in [2.24, 2.45) is 0 Å². The van der Waals surface area contributed by atoms with Gasteiger partial charge in [0.15, 0.2) is 55.5 Å². The summed E-state index contributed by atoms with van der Waals surface area (Å²) >= 11 is 0. The van der Waals surface area contributed by atoms with E-state index in [0.29, 0.717) is 0 Å². The molecular formula is C41H55NO22. The Balaban J connectivity index is 1.90. The Morgan fingerprint density at radius 2 is 0.984 bits per heavy atom. The Hall–Kier alpha value is -5.30. The first-order chi connectivity index (χ1) is 30.1. The van der Waals surface area contributed by atoms with E-state index < -0.39 is 153 Å². The fraction of sp³-hybridized carbons (Fsp3) is 0.659. The third kappa shape index (κ3) is 14.6. The predicted molar refractivity (Wildman–Crippen MR) is 207 cm³/mol. The molecule has 23 heteroatoms. The van der Waals surface area contributed by atoms with Crippen molar-refractivity contribution in [2.75, 3.05) is 13.2 Å². The number of hydrogen-bond donors (Lipinski definition) is 2. The first-order valence-electron chi connectivity index (χ1n) is 20.2. The van der Waals surface area contributed by atoms with E-state index in [1.54, 1.807) is 30.3 Å². The van der Waals surface area contributed by atoms with Gasteiger partial charge in [0.2, 0.25) is 5.91 Å². The fourth-order valence-electron chi connectivity index (χ4n) is 7.32. The minimum absolute atomic E-state index is 0.00257. The van der Waals surface area contributed by atoms with Gasteiger partial charge in [0.1, 0.15) is 37.1 Å². The van der Waals surface area contributed by atoms with Gasteiger partial charge in [-0.2, -0.15) is 0 Å². The SMILES string of the molecule is CC(=O)N[C@@H]1[C@@H](O[C@@H]2O[C@@H](C)[C@@H](OC(C)=O)[C@@H](OC(C)=O)[C@@H]2OC(C)=O)[C@H](O[C@@H]2O[C@H](COC(C)=O)[C@@H](OC(C)=O)[C@H](OC(C)=O)[C@H]2OC(C)=O)[C@@H](COCc2ccccc2)O[C@H]1O. The average Bonchev–Trinajstić information content (AvgIpc) is 3.18. The molecule has 3 saturated heterocycles. The van der Waals surface area contributed by atoms with Crippen LogP contribution in [0.4, 0.5) is 0 Å². The summed E-state index contributed by atoms with van der Waals surface area (Å²) in [5, 5.41) is 14.1. The number of benzene rings is 1. The van der Waals surface area contributed by atoms with E-state index in [1.807, 2.05) is 0 Å². The van der Waals surface area contributed by atoms with Crippen LogP contribution in [0.3, 0.4) is 0 Å². The van der Waals surface area contributed by atoms with Gasteiger partial charge in [-0.25, -0.2) is 0 Å². The molecule has 1 aromatic carbocycles. The topological polar surface area (TPSA) is 289 Å². The van der Waals surface area contributed by atoms with E-state index >= 15 is 0 Å². The molecule has 0 bridgehead atoms. The predicted octanol–water partition coefficient (Wildman–Crippen LogP) is -0.181. The molecule has 64 heavy (non-hydrogen) atoms. The molecule has 3 fully saturated rings. The van der Waals surface area contributed by atoms with E-state index in [9.17, 15) is 43.5 Å². The zero-order valence-electron chi connectivity index (χ0n) is 36.7.